The summed E-state index contributed by atoms with van der Waals surface area (Å²) in [6, 6.07) is 7.55. The van der Waals surface area contributed by atoms with Crippen molar-refractivity contribution in [3.05, 3.63) is 25.7 Å². The highest BCUT2D eigenvalue weighted by Gasteiger charge is 2.23. The zero-order chi connectivity index (χ0) is 15.9. The van der Waals surface area contributed by atoms with Crippen molar-refractivity contribution in [1.29, 1.82) is 0 Å². The molecule has 0 radical (unpaired) electrons. The molecule has 0 amide bonds. The lowest BCUT2D eigenvalue weighted by Gasteiger charge is -2.20. The second-order valence-corrected chi connectivity index (χ2v) is 11.9. The lowest BCUT2D eigenvalue weighted by atomic mass is 10.2. The molecule has 116 valence electrons. The van der Waals surface area contributed by atoms with Crippen LogP contribution in [0.3, 0.4) is 0 Å². The van der Waals surface area contributed by atoms with Crippen molar-refractivity contribution in [3.8, 4) is 11.5 Å². The van der Waals surface area contributed by atoms with Gasteiger partial charge in [0.25, 0.3) is 0 Å². The Morgan fingerprint density at radius 2 is 1.86 bits per heavy atom. The van der Waals surface area contributed by atoms with Crippen LogP contribution in [0.2, 0.25) is 18.1 Å². The highest BCUT2D eigenvalue weighted by atomic mass is 127. The van der Waals surface area contributed by atoms with Gasteiger partial charge >= 0.3 is 0 Å². The van der Waals surface area contributed by atoms with Crippen LogP contribution in [0.1, 0.15) is 26.3 Å². The highest BCUT2D eigenvalue weighted by Crippen LogP contribution is 2.27. The summed E-state index contributed by atoms with van der Waals surface area (Å²) in [6.07, 6.45) is 0. The maximum atomic E-state index is 5.92. The standard InChI is InChI=1S/C16H23BrINOSi/c1-4-21(5-2,6-3)11-7-10-20-12-13-14(17)8-9-15(19)16(13)18/h8-9H,4-6,10,12,19H2,1-3H3. The zero-order valence-electron chi connectivity index (χ0n) is 12.9. The molecular weight excluding hydrogens is 457 g/mol. The lowest BCUT2D eigenvalue weighted by Crippen LogP contribution is -2.29. The highest BCUT2D eigenvalue weighted by molar-refractivity contribution is 14.1. The van der Waals surface area contributed by atoms with E-state index in [1.54, 1.807) is 0 Å². The average molecular weight is 480 g/mol. The van der Waals surface area contributed by atoms with Crippen LogP contribution in [0.5, 0.6) is 0 Å². The first-order valence-corrected chi connectivity index (χ1v) is 11.8. The quantitative estimate of drug-likeness (QED) is 0.200. The molecule has 0 aliphatic rings. The van der Waals surface area contributed by atoms with Gasteiger partial charge in [0.2, 0.25) is 0 Å². The second-order valence-electron chi connectivity index (χ2n) is 5.06. The van der Waals surface area contributed by atoms with E-state index < -0.39 is 8.07 Å². The first kappa shape index (κ1) is 19.0. The van der Waals surface area contributed by atoms with E-state index in [1.807, 2.05) is 12.1 Å². The van der Waals surface area contributed by atoms with E-state index in [9.17, 15) is 0 Å². The minimum atomic E-state index is -1.35. The number of ether oxygens (including phenoxy) is 1. The van der Waals surface area contributed by atoms with E-state index in [1.165, 1.54) is 18.1 Å². The van der Waals surface area contributed by atoms with Crippen LogP contribution in [0.15, 0.2) is 16.6 Å². The van der Waals surface area contributed by atoms with E-state index in [0.29, 0.717) is 13.2 Å². The van der Waals surface area contributed by atoms with Crippen LogP contribution in [-0.4, -0.2) is 14.7 Å². The van der Waals surface area contributed by atoms with Gasteiger partial charge in [-0.15, -0.1) is 5.54 Å². The minimum absolute atomic E-state index is 0.492. The molecule has 0 aliphatic carbocycles. The molecule has 2 nitrogen and oxygen atoms in total. The summed E-state index contributed by atoms with van der Waals surface area (Å²) in [4.78, 5) is 0. The first-order valence-electron chi connectivity index (χ1n) is 7.29. The monoisotopic (exact) mass is 479 g/mol. The number of benzene rings is 1. The first-order chi connectivity index (χ1) is 9.99. The number of rotatable bonds is 6. The molecule has 0 saturated heterocycles. The Balaban J connectivity index is 2.62. The van der Waals surface area contributed by atoms with Crippen LogP contribution in [0.4, 0.5) is 5.69 Å². The van der Waals surface area contributed by atoms with Gasteiger partial charge in [0, 0.05) is 19.3 Å². The molecular formula is C16H23BrINOSi. The number of nitrogens with two attached hydrogens (primary N) is 1. The minimum Gasteiger partial charge on any atom is -0.398 e. The molecule has 0 bridgehead atoms. The van der Waals surface area contributed by atoms with E-state index in [0.717, 1.165) is 19.3 Å². The molecule has 0 atom stereocenters. The van der Waals surface area contributed by atoms with Gasteiger partial charge in [-0.1, -0.05) is 42.6 Å². The van der Waals surface area contributed by atoms with Crippen LogP contribution in [0.25, 0.3) is 0 Å². The molecule has 1 rings (SSSR count). The van der Waals surface area contributed by atoms with Gasteiger partial charge in [0.1, 0.15) is 14.7 Å². The molecule has 0 heterocycles. The van der Waals surface area contributed by atoms with E-state index in [4.69, 9.17) is 10.5 Å². The van der Waals surface area contributed by atoms with Crippen LogP contribution >= 0.6 is 38.5 Å². The van der Waals surface area contributed by atoms with Gasteiger partial charge in [-0.25, -0.2) is 0 Å². The van der Waals surface area contributed by atoms with Crippen molar-refractivity contribution in [3.63, 3.8) is 0 Å². The Labute approximate surface area is 151 Å². The maximum absolute atomic E-state index is 5.92. The molecule has 0 saturated carbocycles. The van der Waals surface area contributed by atoms with Gasteiger partial charge < -0.3 is 10.5 Å². The van der Waals surface area contributed by atoms with Crippen molar-refractivity contribution in [2.24, 2.45) is 0 Å². The Kier molecular flexibility index (Phi) is 8.32. The Morgan fingerprint density at radius 3 is 2.43 bits per heavy atom. The Hall–Kier alpha value is -0.0331. The predicted molar refractivity (Wildman–Crippen MR) is 106 cm³/mol. The molecule has 0 aromatic heterocycles. The summed E-state index contributed by atoms with van der Waals surface area (Å²) in [6.45, 7) is 7.83. The van der Waals surface area contributed by atoms with Gasteiger partial charge in [-0.05, 0) is 52.9 Å². The number of hydrogen-bond acceptors (Lipinski definition) is 2. The largest absolute Gasteiger partial charge is 0.398 e. The number of anilines is 1. The predicted octanol–water partition coefficient (Wildman–Crippen LogP) is 5.20. The summed E-state index contributed by atoms with van der Waals surface area (Å²) in [5, 5.41) is 0. The average Bonchev–Trinajstić information content (AvgIpc) is 2.50. The molecule has 5 heteroatoms. The van der Waals surface area contributed by atoms with Crippen molar-refractivity contribution in [1.82, 2.24) is 0 Å². The number of hydrogen-bond donors (Lipinski definition) is 1. The molecule has 1 aromatic carbocycles. The van der Waals surface area contributed by atoms with Crippen molar-refractivity contribution in [2.75, 3.05) is 12.3 Å². The molecule has 1 aromatic rings. The van der Waals surface area contributed by atoms with Gasteiger partial charge in [-0.2, -0.15) is 0 Å². The zero-order valence-corrected chi connectivity index (χ0v) is 17.7. The smallest absolute Gasteiger partial charge is 0.137 e. The van der Waals surface area contributed by atoms with E-state index in [2.05, 4.69) is 70.8 Å². The summed E-state index contributed by atoms with van der Waals surface area (Å²) in [5.74, 6) is 3.24. The Bertz CT molecular complexity index is 527. The summed E-state index contributed by atoms with van der Waals surface area (Å²) in [5.41, 5.74) is 11.3. The van der Waals surface area contributed by atoms with Crippen molar-refractivity contribution in [2.45, 2.75) is 45.5 Å². The maximum Gasteiger partial charge on any atom is 0.137 e. The van der Waals surface area contributed by atoms with Gasteiger partial charge in [0.15, 0.2) is 0 Å². The molecule has 21 heavy (non-hydrogen) atoms. The summed E-state index contributed by atoms with van der Waals surface area (Å²) in [7, 11) is -1.35. The van der Waals surface area contributed by atoms with E-state index in [-0.39, 0.29) is 0 Å². The van der Waals surface area contributed by atoms with E-state index >= 15 is 0 Å². The third-order valence-electron chi connectivity index (χ3n) is 4.02. The molecule has 0 unspecified atom stereocenters. The Morgan fingerprint density at radius 1 is 1.24 bits per heavy atom. The van der Waals surface area contributed by atoms with Crippen LogP contribution in [-0.2, 0) is 11.3 Å². The molecule has 2 N–H and O–H groups in total. The topological polar surface area (TPSA) is 35.2 Å². The number of halogens is 2. The third kappa shape index (κ3) is 5.27. The normalized spacial score (nSPS) is 11.1. The molecule has 0 aliphatic heterocycles. The fourth-order valence-corrected chi connectivity index (χ4v) is 6.11. The van der Waals surface area contributed by atoms with Crippen LogP contribution in [0, 0.1) is 15.0 Å². The second kappa shape index (κ2) is 9.18. The van der Waals surface area contributed by atoms with Crippen molar-refractivity contribution < 1.29 is 4.74 Å². The lowest BCUT2D eigenvalue weighted by molar-refractivity contribution is 0.152. The molecule has 0 fully saturated rings. The van der Waals surface area contributed by atoms with Crippen LogP contribution < -0.4 is 5.73 Å². The van der Waals surface area contributed by atoms with Gasteiger partial charge in [-0.3, -0.25) is 0 Å². The fraction of sp³-hybridized carbons (Fsp3) is 0.500. The van der Waals surface area contributed by atoms with Crippen molar-refractivity contribution >= 4 is 52.3 Å². The summed E-state index contributed by atoms with van der Waals surface area (Å²) >= 11 is 5.80. The number of nitrogen functional groups attached to an aromatic ring is 1. The molecule has 0 spiro atoms. The SMILES string of the molecule is CC[Si](C#CCOCc1c(Br)ccc(N)c1I)(CC)CC. The van der Waals surface area contributed by atoms with Gasteiger partial charge in [0.05, 0.1) is 6.61 Å². The fourth-order valence-electron chi connectivity index (χ4n) is 2.19. The third-order valence-corrected chi connectivity index (χ3v) is 10.8. The summed E-state index contributed by atoms with van der Waals surface area (Å²) < 4.78 is 7.81.